The molecule has 0 aliphatic carbocycles. The lowest BCUT2D eigenvalue weighted by atomic mass is 9.77. The Bertz CT molecular complexity index is 699. The largest absolute Gasteiger partial charge is 0.477 e. The normalized spacial score (nSPS) is 37.4. The van der Waals surface area contributed by atoms with Crippen LogP contribution in [0.1, 0.15) is 20.3 Å². The second kappa shape index (κ2) is 6.24. The Morgan fingerprint density at radius 2 is 2.12 bits per heavy atom. The van der Waals surface area contributed by atoms with E-state index in [1.54, 1.807) is 6.92 Å². The molecule has 0 aromatic heterocycles. The van der Waals surface area contributed by atoms with E-state index in [1.807, 2.05) is 6.92 Å². The predicted octanol–water partition coefficient (Wildman–Crippen LogP) is -1.33. The molecule has 6 N–H and O–H groups in total. The van der Waals surface area contributed by atoms with E-state index in [1.165, 1.54) is 4.90 Å². The summed E-state index contributed by atoms with van der Waals surface area (Å²) in [4.78, 5) is 29.9. The molecule has 0 aromatic rings. The molecule has 9 heteroatoms. The molecule has 3 heterocycles. The summed E-state index contributed by atoms with van der Waals surface area (Å²) in [5, 5.41) is 19.6. The van der Waals surface area contributed by atoms with Crippen LogP contribution in [0.2, 0.25) is 0 Å². The highest BCUT2D eigenvalue weighted by molar-refractivity contribution is 6.00. The van der Waals surface area contributed by atoms with Crippen molar-refractivity contribution in [3.8, 4) is 0 Å². The molecule has 2 fully saturated rings. The molecule has 9 nitrogen and oxygen atoms in total. The Balaban J connectivity index is 1.86. The molecule has 0 aromatic carbocycles. The van der Waals surface area contributed by atoms with E-state index in [9.17, 15) is 19.8 Å². The lowest BCUT2D eigenvalue weighted by Crippen LogP contribution is -2.63. The molecular weight excluding hydrogens is 338 g/mol. The van der Waals surface area contributed by atoms with Crippen LogP contribution in [0.5, 0.6) is 0 Å². The summed E-state index contributed by atoms with van der Waals surface area (Å²) in [5.41, 5.74) is 11.8. The van der Waals surface area contributed by atoms with Crippen molar-refractivity contribution >= 4 is 17.8 Å². The molecule has 0 saturated carbocycles. The average molecular weight is 366 g/mol. The summed E-state index contributed by atoms with van der Waals surface area (Å²) in [6.45, 7) is 5.62. The average Bonchev–Trinajstić information content (AvgIpc) is 2.96. The number of likely N-dealkylation sites (N-methyl/N-ethyl adjacent to an activating group) is 1. The first-order chi connectivity index (χ1) is 12.1. The zero-order chi connectivity index (χ0) is 19.4. The van der Waals surface area contributed by atoms with Gasteiger partial charge >= 0.3 is 5.97 Å². The van der Waals surface area contributed by atoms with Crippen molar-refractivity contribution in [1.82, 2.24) is 4.90 Å². The number of carbonyl (C=O) groups is 2. The minimum Gasteiger partial charge on any atom is -0.477 e. The van der Waals surface area contributed by atoms with Crippen LogP contribution >= 0.6 is 0 Å². The van der Waals surface area contributed by atoms with E-state index in [2.05, 4.69) is 12.0 Å². The second-order valence-corrected chi connectivity index (χ2v) is 8.11. The highest BCUT2D eigenvalue weighted by Crippen LogP contribution is 2.47. The van der Waals surface area contributed by atoms with Crippen molar-refractivity contribution in [3.63, 3.8) is 0 Å². The number of nitrogens with two attached hydrogens (primary N) is 2. The summed E-state index contributed by atoms with van der Waals surface area (Å²) >= 11 is 0. The number of carboxylic acid groups (broad SMARTS) is 1. The predicted molar refractivity (Wildman–Crippen MR) is 94.6 cm³/mol. The second-order valence-electron chi connectivity index (χ2n) is 8.11. The number of aliphatic carboxylic acids is 1. The standard InChI is InChI=1S/C17H27N5O4/c1-8-11(7-22(3)5-4-10(6-22)20-17(18)19)14(16(25)26)21-13(8)12(9(2)23)15(21)24/h8-10,12-13,23H,4-7H2,1-3H3,(H4-,18,19,20,25,26)/p+1/t8-,9+,10-,12?,13+,22?/m0/s1. The topological polar surface area (TPSA) is 142 Å². The summed E-state index contributed by atoms with van der Waals surface area (Å²) in [6, 6.07) is -0.245. The molecule has 0 spiro atoms. The van der Waals surface area contributed by atoms with Crippen LogP contribution in [-0.4, -0.2) is 82.3 Å². The number of carboxylic acids is 1. The summed E-state index contributed by atoms with van der Waals surface area (Å²) < 4.78 is 0.631. The van der Waals surface area contributed by atoms with E-state index in [0.29, 0.717) is 11.0 Å². The highest BCUT2D eigenvalue weighted by Gasteiger charge is 2.60. The molecule has 0 radical (unpaired) electrons. The fraction of sp³-hybridized carbons (Fsp3) is 0.706. The summed E-state index contributed by atoms with van der Waals surface area (Å²) in [7, 11) is 2.06. The number of fused-ring (bicyclic) bond motifs is 1. The number of likely N-dealkylation sites (tertiary alicyclic amines) is 1. The van der Waals surface area contributed by atoms with Crippen molar-refractivity contribution < 1.29 is 24.3 Å². The van der Waals surface area contributed by atoms with E-state index in [0.717, 1.165) is 25.1 Å². The van der Waals surface area contributed by atoms with E-state index < -0.39 is 18.0 Å². The van der Waals surface area contributed by atoms with Crippen molar-refractivity contribution in [1.29, 1.82) is 0 Å². The van der Waals surface area contributed by atoms with Gasteiger partial charge in [0.2, 0.25) is 5.91 Å². The Kier molecular flexibility index (Phi) is 4.48. The third-order valence-electron chi connectivity index (χ3n) is 6.06. The molecule has 26 heavy (non-hydrogen) atoms. The van der Waals surface area contributed by atoms with E-state index in [-0.39, 0.29) is 35.6 Å². The van der Waals surface area contributed by atoms with E-state index >= 15 is 0 Å². The van der Waals surface area contributed by atoms with Gasteiger partial charge in [-0.2, -0.15) is 0 Å². The molecule has 2 unspecified atom stereocenters. The monoisotopic (exact) mass is 366 g/mol. The van der Waals surface area contributed by atoms with Crippen LogP contribution < -0.4 is 11.5 Å². The number of hydrogen-bond donors (Lipinski definition) is 4. The van der Waals surface area contributed by atoms with Crippen LogP contribution in [0.3, 0.4) is 0 Å². The zero-order valence-electron chi connectivity index (χ0n) is 15.4. The quantitative estimate of drug-likeness (QED) is 0.206. The first kappa shape index (κ1) is 18.7. The van der Waals surface area contributed by atoms with E-state index in [4.69, 9.17) is 11.5 Å². The Morgan fingerprint density at radius 3 is 2.65 bits per heavy atom. The lowest BCUT2D eigenvalue weighted by Gasteiger charge is -2.46. The highest BCUT2D eigenvalue weighted by atomic mass is 16.4. The molecular formula is C17H28N5O4+. The van der Waals surface area contributed by atoms with Gasteiger partial charge in [0.25, 0.3) is 0 Å². The van der Waals surface area contributed by atoms with Crippen molar-refractivity contribution in [2.45, 2.75) is 38.5 Å². The smallest absolute Gasteiger partial charge is 0.352 e. The number of guanidine groups is 1. The number of hydrogen-bond acceptors (Lipinski definition) is 4. The molecule has 2 saturated heterocycles. The van der Waals surface area contributed by atoms with Gasteiger partial charge in [0, 0.05) is 17.9 Å². The Hall–Kier alpha value is -2.13. The number of aliphatic imine (C=N–C) groups is 1. The molecule has 1 amide bonds. The van der Waals surface area contributed by atoms with Crippen LogP contribution in [-0.2, 0) is 9.59 Å². The van der Waals surface area contributed by atoms with Gasteiger partial charge in [0.1, 0.15) is 24.8 Å². The number of β-lactam (4-membered cyclic amide) rings is 1. The summed E-state index contributed by atoms with van der Waals surface area (Å²) in [5.74, 6) is -1.95. The molecule has 3 aliphatic heterocycles. The number of nitrogens with zero attached hydrogens (tertiary/aromatic N) is 3. The third kappa shape index (κ3) is 2.84. The van der Waals surface area contributed by atoms with Gasteiger partial charge < -0.3 is 31.1 Å². The maximum atomic E-state index is 12.4. The molecule has 144 valence electrons. The number of carbonyl (C=O) groups excluding carboxylic acids is 1. The SMILES string of the molecule is C[C@@H](O)C1C(=O)N2C(C(=O)O)=C(C[N+]3(C)CC[C@H](N=C(N)N)C3)[C@H](C)[C@H]12. The maximum absolute atomic E-state index is 12.4. The Labute approximate surface area is 152 Å². The molecule has 6 atom stereocenters. The van der Waals surface area contributed by atoms with Gasteiger partial charge in [-0.25, -0.2) is 9.79 Å². The number of amides is 1. The van der Waals surface area contributed by atoms with Crippen LogP contribution in [0.15, 0.2) is 16.3 Å². The Morgan fingerprint density at radius 1 is 1.46 bits per heavy atom. The fourth-order valence-corrected chi connectivity index (χ4v) is 4.88. The number of aliphatic hydroxyl groups is 1. The molecule has 0 bridgehead atoms. The molecule has 3 rings (SSSR count). The maximum Gasteiger partial charge on any atom is 0.352 e. The lowest BCUT2D eigenvalue weighted by molar-refractivity contribution is -0.893. The minimum absolute atomic E-state index is 0.0273. The van der Waals surface area contributed by atoms with Gasteiger partial charge in [0.15, 0.2) is 5.96 Å². The first-order valence-corrected chi connectivity index (χ1v) is 8.95. The fourth-order valence-electron chi connectivity index (χ4n) is 4.88. The van der Waals surface area contributed by atoms with Gasteiger partial charge in [-0.15, -0.1) is 0 Å². The van der Waals surface area contributed by atoms with Crippen molar-refractivity contribution in [3.05, 3.63) is 11.3 Å². The van der Waals surface area contributed by atoms with Crippen LogP contribution in [0.4, 0.5) is 0 Å². The summed E-state index contributed by atoms with van der Waals surface area (Å²) in [6.07, 6.45) is 0.0456. The third-order valence-corrected chi connectivity index (χ3v) is 6.06. The van der Waals surface area contributed by atoms with Crippen LogP contribution in [0, 0.1) is 11.8 Å². The minimum atomic E-state index is -1.08. The van der Waals surface area contributed by atoms with Crippen LogP contribution in [0.25, 0.3) is 0 Å². The van der Waals surface area contributed by atoms with Crippen molar-refractivity contribution in [2.75, 3.05) is 26.7 Å². The van der Waals surface area contributed by atoms with Gasteiger partial charge in [-0.3, -0.25) is 4.79 Å². The zero-order valence-corrected chi connectivity index (χ0v) is 15.4. The number of quaternary nitrogens is 1. The van der Waals surface area contributed by atoms with Crippen molar-refractivity contribution in [2.24, 2.45) is 28.3 Å². The molecule has 3 aliphatic rings. The van der Waals surface area contributed by atoms with Gasteiger partial charge in [0.05, 0.1) is 31.7 Å². The number of rotatable bonds is 5. The van der Waals surface area contributed by atoms with Gasteiger partial charge in [-0.1, -0.05) is 6.92 Å². The van der Waals surface area contributed by atoms with Gasteiger partial charge in [-0.05, 0) is 6.92 Å². The number of aliphatic hydroxyl groups excluding tert-OH is 1. The first-order valence-electron chi connectivity index (χ1n) is 8.95.